The Bertz CT molecular complexity index is 845. The summed E-state index contributed by atoms with van der Waals surface area (Å²) in [5, 5.41) is 0. The van der Waals surface area contributed by atoms with Gasteiger partial charge in [0.05, 0.1) is 12.7 Å². The molecule has 2 amide bonds. The summed E-state index contributed by atoms with van der Waals surface area (Å²) >= 11 is 0. The summed E-state index contributed by atoms with van der Waals surface area (Å²) in [6, 6.07) is 7.22. The molecule has 0 unspecified atom stereocenters. The minimum absolute atomic E-state index is 0.161. The molecule has 2 N–H and O–H groups in total. The number of carbonyl (C=O) groups is 2. The van der Waals surface area contributed by atoms with E-state index in [2.05, 4.69) is 0 Å². The average Bonchev–Trinajstić information content (AvgIpc) is 2.61. The monoisotopic (exact) mass is 358 g/mol. The molecule has 0 saturated carbocycles. The highest BCUT2D eigenvalue weighted by atomic mass is 19.1. The van der Waals surface area contributed by atoms with Gasteiger partial charge in [0.1, 0.15) is 11.6 Å². The van der Waals surface area contributed by atoms with Crippen LogP contribution in [0.1, 0.15) is 40.1 Å². The van der Waals surface area contributed by atoms with Gasteiger partial charge >= 0.3 is 0 Å². The van der Waals surface area contributed by atoms with E-state index in [4.69, 9.17) is 10.5 Å². The molecule has 0 bridgehead atoms. The third-order valence-electron chi connectivity index (χ3n) is 4.33. The van der Waals surface area contributed by atoms with Gasteiger partial charge < -0.3 is 15.4 Å². The number of rotatable bonds is 6. The van der Waals surface area contributed by atoms with Crippen LogP contribution in [-0.2, 0) is 0 Å². The molecule has 0 aliphatic heterocycles. The fourth-order valence-corrected chi connectivity index (χ4v) is 3.03. The van der Waals surface area contributed by atoms with Gasteiger partial charge in [-0.25, -0.2) is 4.39 Å². The number of ether oxygens (including phenoxy) is 1. The van der Waals surface area contributed by atoms with Crippen molar-refractivity contribution in [1.29, 1.82) is 0 Å². The Morgan fingerprint density at radius 1 is 1.12 bits per heavy atom. The van der Waals surface area contributed by atoms with Crippen molar-refractivity contribution < 1.29 is 18.7 Å². The third kappa shape index (κ3) is 3.69. The number of hydrogen-bond donors (Lipinski definition) is 1. The Labute approximate surface area is 152 Å². The molecule has 0 atom stereocenters. The first-order valence-corrected chi connectivity index (χ1v) is 8.41. The SMILES string of the molecule is CCN(CC)C(=O)c1cc(C)c(C(N)=O)c(-c2cc(F)ccc2OC)c1. The second-order valence-corrected chi connectivity index (χ2v) is 5.90. The number of primary amides is 1. The van der Waals surface area contributed by atoms with Crippen LogP contribution in [0.5, 0.6) is 5.75 Å². The summed E-state index contributed by atoms with van der Waals surface area (Å²) < 4.78 is 19.2. The van der Waals surface area contributed by atoms with Crippen molar-refractivity contribution in [2.24, 2.45) is 5.73 Å². The lowest BCUT2D eigenvalue weighted by molar-refractivity contribution is 0.0772. The molecule has 6 heteroatoms. The molecule has 26 heavy (non-hydrogen) atoms. The van der Waals surface area contributed by atoms with Crippen molar-refractivity contribution >= 4 is 11.8 Å². The lowest BCUT2D eigenvalue weighted by Crippen LogP contribution is -2.30. The number of hydrogen-bond acceptors (Lipinski definition) is 3. The number of aryl methyl sites for hydroxylation is 1. The summed E-state index contributed by atoms with van der Waals surface area (Å²) in [7, 11) is 1.46. The third-order valence-corrected chi connectivity index (χ3v) is 4.33. The van der Waals surface area contributed by atoms with Gasteiger partial charge in [0.15, 0.2) is 0 Å². The van der Waals surface area contributed by atoms with Crippen LogP contribution in [0.15, 0.2) is 30.3 Å². The molecule has 0 aliphatic carbocycles. The molecule has 138 valence electrons. The standard InChI is InChI=1S/C20H23FN2O3/c1-5-23(6-2)20(25)13-9-12(3)18(19(22)24)16(10-13)15-11-14(21)7-8-17(15)26-4/h7-11H,5-6H2,1-4H3,(H2,22,24). The molecular weight excluding hydrogens is 335 g/mol. The zero-order valence-electron chi connectivity index (χ0n) is 15.4. The zero-order chi connectivity index (χ0) is 19.4. The molecule has 2 aromatic carbocycles. The van der Waals surface area contributed by atoms with Crippen molar-refractivity contribution in [1.82, 2.24) is 4.90 Å². The number of halogens is 1. The van der Waals surface area contributed by atoms with Crippen molar-refractivity contribution in [2.45, 2.75) is 20.8 Å². The number of nitrogens with two attached hydrogens (primary N) is 1. The van der Waals surface area contributed by atoms with Gasteiger partial charge in [0, 0.05) is 24.2 Å². The van der Waals surface area contributed by atoms with Crippen LogP contribution in [0.3, 0.4) is 0 Å². The lowest BCUT2D eigenvalue weighted by atomic mass is 9.92. The van der Waals surface area contributed by atoms with Crippen LogP contribution >= 0.6 is 0 Å². The largest absolute Gasteiger partial charge is 0.496 e. The second-order valence-electron chi connectivity index (χ2n) is 5.90. The summed E-state index contributed by atoms with van der Waals surface area (Å²) in [6.45, 7) is 6.61. The summed E-state index contributed by atoms with van der Waals surface area (Å²) in [4.78, 5) is 26.4. The highest BCUT2D eigenvalue weighted by Crippen LogP contribution is 2.35. The van der Waals surface area contributed by atoms with Gasteiger partial charge in [0.25, 0.3) is 5.91 Å². The Morgan fingerprint density at radius 2 is 1.77 bits per heavy atom. The molecule has 2 rings (SSSR count). The van der Waals surface area contributed by atoms with E-state index < -0.39 is 11.7 Å². The predicted octanol–water partition coefficient (Wildman–Crippen LogP) is 3.39. The molecule has 0 radical (unpaired) electrons. The smallest absolute Gasteiger partial charge is 0.253 e. The van der Waals surface area contributed by atoms with Crippen LogP contribution in [0.25, 0.3) is 11.1 Å². The number of methoxy groups -OCH3 is 1. The van der Waals surface area contributed by atoms with Gasteiger partial charge in [0.2, 0.25) is 5.91 Å². The highest BCUT2D eigenvalue weighted by molar-refractivity contribution is 6.05. The van der Waals surface area contributed by atoms with E-state index in [0.717, 1.165) is 0 Å². The van der Waals surface area contributed by atoms with Crippen LogP contribution in [0.4, 0.5) is 4.39 Å². The molecular formula is C20H23FN2O3. The van der Waals surface area contributed by atoms with Crippen molar-refractivity contribution in [3.05, 3.63) is 52.8 Å². The molecule has 0 spiro atoms. The first kappa shape index (κ1) is 19.4. The first-order valence-electron chi connectivity index (χ1n) is 8.41. The van der Waals surface area contributed by atoms with E-state index >= 15 is 0 Å². The predicted molar refractivity (Wildman–Crippen MR) is 98.9 cm³/mol. The van der Waals surface area contributed by atoms with Crippen LogP contribution in [0, 0.1) is 12.7 Å². The summed E-state index contributed by atoms with van der Waals surface area (Å²) in [6.07, 6.45) is 0. The number of benzene rings is 2. The van der Waals surface area contributed by atoms with Gasteiger partial charge in [-0.3, -0.25) is 9.59 Å². The fourth-order valence-electron chi connectivity index (χ4n) is 3.03. The minimum atomic E-state index is -0.648. The molecule has 0 fully saturated rings. The molecule has 0 saturated heterocycles. The average molecular weight is 358 g/mol. The number of amides is 2. The van der Waals surface area contributed by atoms with E-state index in [9.17, 15) is 14.0 Å². The quantitative estimate of drug-likeness (QED) is 0.860. The molecule has 0 aliphatic rings. The maximum Gasteiger partial charge on any atom is 0.253 e. The van der Waals surface area contributed by atoms with E-state index in [1.807, 2.05) is 13.8 Å². The van der Waals surface area contributed by atoms with Crippen LogP contribution < -0.4 is 10.5 Å². The summed E-state index contributed by atoms with van der Waals surface area (Å²) in [5.41, 5.74) is 7.51. The molecule has 0 aromatic heterocycles. The maximum absolute atomic E-state index is 13.9. The normalized spacial score (nSPS) is 10.5. The van der Waals surface area contributed by atoms with Crippen molar-refractivity contribution in [3.63, 3.8) is 0 Å². The van der Waals surface area contributed by atoms with Crippen molar-refractivity contribution in [2.75, 3.05) is 20.2 Å². The topological polar surface area (TPSA) is 72.6 Å². The van der Waals surface area contributed by atoms with Gasteiger partial charge in [-0.05, 0) is 62.2 Å². The van der Waals surface area contributed by atoms with Crippen molar-refractivity contribution in [3.8, 4) is 16.9 Å². The van der Waals surface area contributed by atoms with Crippen LogP contribution in [-0.4, -0.2) is 36.9 Å². The fraction of sp³-hybridized carbons (Fsp3) is 0.300. The zero-order valence-corrected chi connectivity index (χ0v) is 15.4. The Morgan fingerprint density at radius 3 is 2.31 bits per heavy atom. The first-order chi connectivity index (χ1) is 12.3. The molecule has 0 heterocycles. The Kier molecular flexibility index (Phi) is 5.97. The van der Waals surface area contributed by atoms with E-state index in [1.54, 1.807) is 24.0 Å². The molecule has 5 nitrogen and oxygen atoms in total. The van der Waals surface area contributed by atoms with E-state index in [1.165, 1.54) is 25.3 Å². The lowest BCUT2D eigenvalue weighted by Gasteiger charge is -2.21. The minimum Gasteiger partial charge on any atom is -0.496 e. The van der Waals surface area contributed by atoms with E-state index in [-0.39, 0.29) is 11.5 Å². The molecule has 2 aromatic rings. The van der Waals surface area contributed by atoms with Gasteiger partial charge in [-0.15, -0.1) is 0 Å². The van der Waals surface area contributed by atoms with E-state index in [0.29, 0.717) is 41.1 Å². The number of nitrogens with zero attached hydrogens (tertiary/aromatic N) is 1. The summed E-state index contributed by atoms with van der Waals surface area (Å²) in [5.74, 6) is -0.897. The maximum atomic E-state index is 13.9. The van der Waals surface area contributed by atoms with Crippen LogP contribution in [0.2, 0.25) is 0 Å². The van der Waals surface area contributed by atoms with Gasteiger partial charge in [-0.2, -0.15) is 0 Å². The Balaban J connectivity index is 2.77. The Hall–Kier alpha value is -2.89. The highest BCUT2D eigenvalue weighted by Gasteiger charge is 2.22. The number of carbonyl (C=O) groups excluding carboxylic acids is 2. The second kappa shape index (κ2) is 7.99. The van der Waals surface area contributed by atoms with Gasteiger partial charge in [-0.1, -0.05) is 0 Å².